The Hall–Kier alpha value is -5.42. The number of rotatable bonds is 4. The Kier molecular flexibility index (Phi) is 8.00. The van der Waals surface area contributed by atoms with Crippen molar-refractivity contribution in [1.29, 1.82) is 0 Å². The first kappa shape index (κ1) is 34.4. The highest BCUT2D eigenvalue weighted by Crippen LogP contribution is 2.41. The van der Waals surface area contributed by atoms with E-state index in [0.29, 0.717) is 16.7 Å². The molecular formula is C39H14B10N4O. The van der Waals surface area contributed by atoms with Gasteiger partial charge in [0.15, 0.2) is 17.5 Å². The molecule has 0 aliphatic carbocycles. The zero-order valence-corrected chi connectivity index (χ0v) is 28.6. The van der Waals surface area contributed by atoms with Crippen LogP contribution in [0.25, 0.3) is 83.6 Å². The summed E-state index contributed by atoms with van der Waals surface area (Å²) in [5.74, 6) is 0.143. The summed E-state index contributed by atoms with van der Waals surface area (Å²) in [6.45, 7) is 0. The maximum Gasteiger partial charge on any atom is 0.167 e. The third kappa shape index (κ3) is 4.90. The fourth-order valence-corrected chi connectivity index (χ4v) is 7.27. The average Bonchev–Trinajstić information content (AvgIpc) is 3.74. The third-order valence-electron chi connectivity index (χ3n) is 10.0. The van der Waals surface area contributed by atoms with Gasteiger partial charge in [-0.1, -0.05) is 76.4 Å². The average molecular weight is 663 g/mol. The van der Waals surface area contributed by atoms with Crippen LogP contribution in [0.5, 0.6) is 0 Å². The van der Waals surface area contributed by atoms with Gasteiger partial charge in [0.25, 0.3) is 0 Å². The molecule has 9 rings (SSSR count). The number of nitrogens with zero attached hydrogens (tertiary/aromatic N) is 4. The molecule has 3 heterocycles. The second kappa shape index (κ2) is 12.6. The fourth-order valence-electron chi connectivity index (χ4n) is 7.27. The van der Waals surface area contributed by atoms with Crippen LogP contribution in [-0.2, 0) is 0 Å². The lowest BCUT2D eigenvalue weighted by Crippen LogP contribution is -2.55. The Bertz CT molecular complexity index is 2880. The maximum atomic E-state index is 6.67. The van der Waals surface area contributed by atoms with Crippen LogP contribution in [0.15, 0.2) is 89.3 Å². The van der Waals surface area contributed by atoms with Gasteiger partial charge >= 0.3 is 0 Å². The summed E-state index contributed by atoms with van der Waals surface area (Å²) in [5, 5.41) is 3.96. The highest BCUT2D eigenvalue weighted by Gasteiger charge is 2.24. The molecule has 0 bridgehead atoms. The molecule has 0 aliphatic rings. The second-order valence-corrected chi connectivity index (χ2v) is 13.0. The van der Waals surface area contributed by atoms with Crippen molar-refractivity contribution in [3.05, 3.63) is 84.9 Å². The smallest absolute Gasteiger partial charge is 0.167 e. The zero-order valence-electron chi connectivity index (χ0n) is 28.6. The molecule has 54 heavy (non-hydrogen) atoms. The number of hydrogen-bond donors (Lipinski definition) is 0. The predicted octanol–water partition coefficient (Wildman–Crippen LogP) is -2.19. The van der Waals surface area contributed by atoms with E-state index in [2.05, 4.69) is 34.9 Å². The molecule has 226 valence electrons. The molecule has 6 aromatic carbocycles. The Morgan fingerprint density at radius 3 is 1.35 bits per heavy atom. The van der Waals surface area contributed by atoms with Crippen LogP contribution in [0, 0.1) is 0 Å². The topological polar surface area (TPSA) is 56.7 Å². The molecule has 0 unspecified atom stereocenters. The van der Waals surface area contributed by atoms with Crippen LogP contribution in [0.2, 0.25) is 0 Å². The Morgan fingerprint density at radius 2 is 0.833 bits per heavy atom. The highest BCUT2D eigenvalue weighted by molar-refractivity contribution is 6.69. The maximum absolute atomic E-state index is 6.67. The number of hydrogen-bond acceptors (Lipinski definition) is 4. The monoisotopic (exact) mass is 664 g/mol. The van der Waals surface area contributed by atoms with Crippen molar-refractivity contribution in [1.82, 2.24) is 19.5 Å². The third-order valence-corrected chi connectivity index (χ3v) is 10.0. The molecule has 5 nitrogen and oxygen atoms in total. The standard InChI is InChI=1S/C39H14B10N4O/c40-26-24(27(41)31(45)34(48)30(26)44)38-50-37(51-39(52-38)25-28(42)32(46)35(49)33(47)29(25)43)18-10-5-9-17-23-21(13-6-14-22(23)54-36(17)18)53-19-11-3-1-7-15(19)16-8-2-4-12-20(16)53/h1-14H. The lowest BCUT2D eigenvalue weighted by molar-refractivity contribution is 0.669. The Balaban J connectivity index is 1.36. The van der Waals surface area contributed by atoms with E-state index in [0.717, 1.165) is 38.3 Å². The molecule has 0 spiro atoms. The normalized spacial score (nSPS) is 11.7. The van der Waals surface area contributed by atoms with Gasteiger partial charge in [-0.05, 0) is 30.3 Å². The first-order valence-electron chi connectivity index (χ1n) is 16.7. The number of benzene rings is 6. The highest BCUT2D eigenvalue weighted by atomic mass is 16.3. The van der Waals surface area contributed by atoms with E-state index in [9.17, 15) is 0 Å². The van der Waals surface area contributed by atoms with Gasteiger partial charge in [-0.3, -0.25) is 0 Å². The van der Waals surface area contributed by atoms with Gasteiger partial charge in [0.2, 0.25) is 0 Å². The Labute approximate surface area is 324 Å². The lowest BCUT2D eigenvalue weighted by atomic mass is 9.60. The van der Waals surface area contributed by atoms with E-state index in [1.807, 2.05) is 54.6 Å². The van der Waals surface area contributed by atoms with Crippen LogP contribution in [0.1, 0.15) is 0 Å². The van der Waals surface area contributed by atoms with Crippen molar-refractivity contribution in [3.8, 4) is 39.9 Å². The van der Waals surface area contributed by atoms with Crippen LogP contribution in [-0.4, -0.2) is 98.0 Å². The zero-order chi connectivity index (χ0) is 37.7. The molecule has 9 aromatic rings. The van der Waals surface area contributed by atoms with Crippen molar-refractivity contribution < 1.29 is 4.42 Å². The van der Waals surface area contributed by atoms with Gasteiger partial charge in [0.1, 0.15) is 89.6 Å². The van der Waals surface area contributed by atoms with Crippen LogP contribution in [0.4, 0.5) is 0 Å². The minimum absolute atomic E-state index is 0.00440. The number of aromatic nitrogens is 4. The van der Waals surface area contributed by atoms with Gasteiger partial charge in [-0.25, -0.2) is 15.0 Å². The molecular weight excluding hydrogens is 649 g/mol. The van der Waals surface area contributed by atoms with E-state index in [1.165, 1.54) is 0 Å². The van der Waals surface area contributed by atoms with Crippen molar-refractivity contribution in [2.75, 3.05) is 0 Å². The minimum Gasteiger partial charge on any atom is -0.455 e. The SMILES string of the molecule is [B]c1c([B])c([B])c(-c2nc(-c3c([B])c([B])c([B])c([B])c3[B])nc(-c3cccc4c3oc3cccc(-n5c6ccccc6c6ccccc65)c34)n2)c([B])c1[B]. The molecule has 0 aliphatic heterocycles. The van der Waals surface area contributed by atoms with Gasteiger partial charge in [0, 0.05) is 27.3 Å². The Morgan fingerprint density at radius 1 is 0.407 bits per heavy atom. The summed E-state index contributed by atoms with van der Waals surface area (Å²) >= 11 is 0. The number of furan rings is 1. The van der Waals surface area contributed by atoms with Gasteiger partial charge < -0.3 is 8.98 Å². The molecule has 0 saturated carbocycles. The van der Waals surface area contributed by atoms with Gasteiger partial charge in [-0.15, -0.1) is 32.8 Å². The van der Waals surface area contributed by atoms with E-state index in [-0.39, 0.29) is 83.2 Å². The largest absolute Gasteiger partial charge is 0.455 e. The summed E-state index contributed by atoms with van der Waals surface area (Å²) in [4.78, 5) is 14.4. The summed E-state index contributed by atoms with van der Waals surface area (Å²) in [6, 6.07) is 28.3. The van der Waals surface area contributed by atoms with Crippen LogP contribution in [0.3, 0.4) is 0 Å². The lowest BCUT2D eigenvalue weighted by Gasteiger charge is -2.22. The first-order chi connectivity index (χ1) is 26.0. The van der Waals surface area contributed by atoms with Crippen molar-refractivity contribution in [2.24, 2.45) is 0 Å². The van der Waals surface area contributed by atoms with Crippen LogP contribution >= 0.6 is 0 Å². The van der Waals surface area contributed by atoms with E-state index in [4.69, 9.17) is 97.8 Å². The summed E-state index contributed by atoms with van der Waals surface area (Å²) in [7, 11) is 63.4. The molecule has 0 atom stereocenters. The van der Waals surface area contributed by atoms with Crippen molar-refractivity contribution >= 4 is 177 Å². The minimum atomic E-state index is -0.00440. The number of fused-ring (bicyclic) bond motifs is 6. The van der Waals surface area contributed by atoms with E-state index in [1.54, 1.807) is 0 Å². The van der Waals surface area contributed by atoms with Crippen molar-refractivity contribution in [3.63, 3.8) is 0 Å². The summed E-state index contributed by atoms with van der Waals surface area (Å²) < 4.78 is 8.92. The van der Waals surface area contributed by atoms with Crippen LogP contribution < -0.4 is 54.6 Å². The fraction of sp³-hybridized carbons (Fsp3) is 0. The predicted molar refractivity (Wildman–Crippen MR) is 232 cm³/mol. The molecule has 20 radical (unpaired) electrons. The van der Waals surface area contributed by atoms with E-state index < -0.39 is 0 Å². The quantitative estimate of drug-likeness (QED) is 0.201. The number of para-hydroxylation sites is 3. The first-order valence-corrected chi connectivity index (χ1v) is 16.7. The molecule has 3 aromatic heterocycles. The van der Waals surface area contributed by atoms with Crippen molar-refractivity contribution in [2.45, 2.75) is 0 Å². The molecule has 0 saturated heterocycles. The summed E-state index contributed by atoms with van der Waals surface area (Å²) in [5.41, 5.74) is 5.09. The molecule has 15 heteroatoms. The molecule has 0 amide bonds. The second-order valence-electron chi connectivity index (χ2n) is 13.0. The van der Waals surface area contributed by atoms with Gasteiger partial charge in [0.05, 0.1) is 27.7 Å². The molecule has 0 fully saturated rings. The summed E-state index contributed by atoms with van der Waals surface area (Å²) in [6.07, 6.45) is 0. The van der Waals surface area contributed by atoms with Gasteiger partial charge in [-0.2, -0.15) is 0 Å². The van der Waals surface area contributed by atoms with E-state index >= 15 is 0 Å². The molecule has 0 N–H and O–H groups in total.